The molecule has 0 radical (unpaired) electrons. The molecule has 2 N–H and O–H groups in total. The Morgan fingerprint density at radius 3 is 2.56 bits per heavy atom. The molecule has 1 aliphatic rings. The van der Waals surface area contributed by atoms with E-state index in [9.17, 15) is 4.79 Å². The van der Waals surface area contributed by atoms with Crippen LogP contribution in [0.15, 0.2) is 46.8 Å². The second-order valence-corrected chi connectivity index (χ2v) is 7.90. The molecule has 1 atom stereocenters. The van der Waals surface area contributed by atoms with Crippen molar-refractivity contribution in [3.8, 4) is 0 Å². The fourth-order valence-corrected chi connectivity index (χ4v) is 4.04. The quantitative estimate of drug-likeness (QED) is 0.437. The third-order valence-corrected chi connectivity index (χ3v) is 5.99. The molecule has 1 aliphatic heterocycles. The Hall–Kier alpha value is -2.34. The average Bonchev–Trinajstić information content (AvgIpc) is 3.36. The van der Waals surface area contributed by atoms with Gasteiger partial charge in [-0.15, -0.1) is 11.3 Å². The van der Waals surface area contributed by atoms with Crippen LogP contribution in [0, 0.1) is 0 Å². The number of benzene rings is 1. The lowest BCUT2D eigenvalue weighted by atomic mass is 10.1. The van der Waals surface area contributed by atoms with Crippen LogP contribution in [0.25, 0.3) is 0 Å². The van der Waals surface area contributed by atoms with Crippen LogP contribution < -0.4 is 10.6 Å². The molecule has 0 saturated carbocycles. The highest BCUT2D eigenvalue weighted by molar-refractivity contribution is 7.10. The van der Waals surface area contributed by atoms with Crippen molar-refractivity contribution in [2.45, 2.75) is 38.8 Å². The molecule has 0 fully saturated rings. The number of thiophene rings is 1. The van der Waals surface area contributed by atoms with Gasteiger partial charge in [0, 0.05) is 50.4 Å². The monoisotopic (exact) mass is 384 g/mol. The summed E-state index contributed by atoms with van der Waals surface area (Å²) in [5, 5.41) is 8.77. The predicted octanol–water partition coefficient (Wildman–Crippen LogP) is 3.34. The van der Waals surface area contributed by atoms with Crippen LogP contribution >= 0.6 is 11.3 Å². The fraction of sp³-hybridized carbons (Fsp3) is 0.429. The maximum Gasteiger partial charge on any atom is 0.223 e. The molecule has 0 aliphatic carbocycles. The largest absolute Gasteiger partial charge is 0.356 e. The second kappa shape index (κ2) is 9.55. The van der Waals surface area contributed by atoms with Crippen molar-refractivity contribution in [2.24, 2.45) is 4.99 Å². The van der Waals surface area contributed by atoms with E-state index in [4.69, 9.17) is 0 Å². The zero-order chi connectivity index (χ0) is 19.1. The van der Waals surface area contributed by atoms with Crippen molar-refractivity contribution in [1.82, 2.24) is 15.5 Å². The van der Waals surface area contributed by atoms with Crippen LogP contribution in [0.5, 0.6) is 0 Å². The summed E-state index contributed by atoms with van der Waals surface area (Å²) >= 11 is 1.78. The van der Waals surface area contributed by atoms with Gasteiger partial charge in [0.15, 0.2) is 5.96 Å². The Morgan fingerprint density at radius 1 is 1.19 bits per heavy atom. The number of rotatable bonds is 7. The Bertz CT molecular complexity index is 747. The number of amides is 1. The molecule has 6 heteroatoms. The molecule has 2 heterocycles. The molecule has 1 aromatic heterocycles. The zero-order valence-corrected chi connectivity index (χ0v) is 16.9. The van der Waals surface area contributed by atoms with E-state index in [1.807, 2.05) is 17.0 Å². The minimum atomic E-state index is 0.224. The van der Waals surface area contributed by atoms with Crippen molar-refractivity contribution >= 4 is 23.2 Å². The zero-order valence-electron chi connectivity index (χ0n) is 16.1. The highest BCUT2D eigenvalue weighted by atomic mass is 32.1. The summed E-state index contributed by atoms with van der Waals surface area (Å²) in [5.41, 5.74) is 2.54. The van der Waals surface area contributed by atoms with Gasteiger partial charge in [0.05, 0.1) is 0 Å². The topological polar surface area (TPSA) is 56.7 Å². The molecular formula is C21H28N4OS. The van der Waals surface area contributed by atoms with Gasteiger partial charge in [-0.3, -0.25) is 9.79 Å². The number of aliphatic imine (C=N–C) groups is 1. The highest BCUT2D eigenvalue weighted by Crippen LogP contribution is 2.23. The lowest BCUT2D eigenvalue weighted by Gasteiger charge is -2.17. The van der Waals surface area contributed by atoms with Gasteiger partial charge in [-0.05, 0) is 29.0 Å². The summed E-state index contributed by atoms with van der Waals surface area (Å²) in [4.78, 5) is 20.0. The van der Waals surface area contributed by atoms with Crippen LogP contribution in [0.4, 0.5) is 0 Å². The van der Waals surface area contributed by atoms with Crippen LogP contribution in [-0.2, 0) is 17.9 Å². The standard InChI is InChI=1S/C21H28N4OS/c1-16(19-9-6-12-27-19)13-24-21(22-2)23-11-5-10-20(26)25-14-17-7-3-4-8-18(17)15-25/h3-4,6-9,12,16H,5,10-11,13-15H2,1-2H3,(H2,22,23,24). The van der Waals surface area contributed by atoms with E-state index in [1.165, 1.54) is 16.0 Å². The number of carbonyl (C=O) groups is 1. The number of nitrogens with zero attached hydrogens (tertiary/aromatic N) is 2. The first-order valence-corrected chi connectivity index (χ1v) is 10.4. The van der Waals surface area contributed by atoms with E-state index in [0.29, 0.717) is 12.3 Å². The summed E-state index contributed by atoms with van der Waals surface area (Å²) in [6, 6.07) is 12.5. The number of fused-ring (bicyclic) bond motifs is 1. The molecular weight excluding hydrogens is 356 g/mol. The van der Waals surface area contributed by atoms with E-state index < -0.39 is 0 Å². The third-order valence-electron chi connectivity index (χ3n) is 4.88. The van der Waals surface area contributed by atoms with Crippen molar-refractivity contribution in [1.29, 1.82) is 0 Å². The van der Waals surface area contributed by atoms with Gasteiger partial charge in [-0.2, -0.15) is 0 Å². The maximum absolute atomic E-state index is 12.4. The van der Waals surface area contributed by atoms with Gasteiger partial charge in [-0.25, -0.2) is 0 Å². The minimum Gasteiger partial charge on any atom is -0.356 e. The molecule has 5 nitrogen and oxygen atoms in total. The van der Waals surface area contributed by atoms with Crippen LogP contribution in [0.3, 0.4) is 0 Å². The normalized spacial score (nSPS) is 14.7. The molecule has 1 aromatic carbocycles. The number of hydrogen-bond acceptors (Lipinski definition) is 3. The van der Waals surface area contributed by atoms with Crippen LogP contribution in [0.2, 0.25) is 0 Å². The first kappa shape index (κ1) is 19.4. The molecule has 1 unspecified atom stereocenters. The summed E-state index contributed by atoms with van der Waals surface area (Å²) < 4.78 is 0. The number of guanidine groups is 1. The third kappa shape index (κ3) is 5.32. The Morgan fingerprint density at radius 2 is 1.93 bits per heavy atom. The number of carbonyl (C=O) groups excluding carboxylic acids is 1. The molecule has 0 bridgehead atoms. The van der Waals surface area contributed by atoms with E-state index in [0.717, 1.165) is 38.6 Å². The van der Waals surface area contributed by atoms with Crippen molar-refractivity contribution < 1.29 is 4.79 Å². The van der Waals surface area contributed by atoms with Gasteiger partial charge in [0.25, 0.3) is 0 Å². The maximum atomic E-state index is 12.4. The van der Waals surface area contributed by atoms with E-state index in [2.05, 4.69) is 52.2 Å². The van der Waals surface area contributed by atoms with E-state index >= 15 is 0 Å². The first-order chi connectivity index (χ1) is 13.2. The lowest BCUT2D eigenvalue weighted by Crippen LogP contribution is -2.39. The smallest absolute Gasteiger partial charge is 0.223 e. The SMILES string of the molecule is CN=C(NCCCC(=O)N1Cc2ccccc2C1)NCC(C)c1cccs1. The number of hydrogen-bond donors (Lipinski definition) is 2. The number of nitrogens with one attached hydrogen (secondary N) is 2. The van der Waals surface area contributed by atoms with Crippen LogP contribution in [0.1, 0.15) is 41.7 Å². The summed E-state index contributed by atoms with van der Waals surface area (Å²) in [7, 11) is 1.78. The second-order valence-electron chi connectivity index (χ2n) is 6.92. The molecule has 0 saturated heterocycles. The predicted molar refractivity (Wildman–Crippen MR) is 112 cm³/mol. The molecule has 0 spiro atoms. The van der Waals surface area contributed by atoms with Crippen molar-refractivity contribution in [3.63, 3.8) is 0 Å². The van der Waals surface area contributed by atoms with E-state index in [1.54, 1.807) is 18.4 Å². The summed E-state index contributed by atoms with van der Waals surface area (Å²) in [6.07, 6.45) is 1.36. The Kier molecular flexibility index (Phi) is 6.87. The molecule has 3 rings (SSSR count). The van der Waals surface area contributed by atoms with Gasteiger partial charge in [0.1, 0.15) is 0 Å². The van der Waals surface area contributed by atoms with E-state index in [-0.39, 0.29) is 5.91 Å². The first-order valence-electron chi connectivity index (χ1n) is 9.50. The van der Waals surface area contributed by atoms with Crippen molar-refractivity contribution in [2.75, 3.05) is 20.1 Å². The summed E-state index contributed by atoms with van der Waals surface area (Å²) in [5.74, 6) is 1.46. The molecule has 27 heavy (non-hydrogen) atoms. The van der Waals surface area contributed by atoms with Gasteiger partial charge in [-0.1, -0.05) is 37.3 Å². The Labute approximate surface area is 165 Å². The molecule has 144 valence electrons. The minimum absolute atomic E-state index is 0.224. The fourth-order valence-electron chi connectivity index (χ4n) is 3.26. The van der Waals surface area contributed by atoms with Crippen LogP contribution in [-0.4, -0.2) is 36.9 Å². The van der Waals surface area contributed by atoms with Gasteiger partial charge < -0.3 is 15.5 Å². The average molecular weight is 385 g/mol. The van der Waals surface area contributed by atoms with Crippen molar-refractivity contribution in [3.05, 3.63) is 57.8 Å². The Balaban J connectivity index is 1.33. The van der Waals surface area contributed by atoms with Gasteiger partial charge >= 0.3 is 0 Å². The highest BCUT2D eigenvalue weighted by Gasteiger charge is 2.22. The summed E-state index contributed by atoms with van der Waals surface area (Å²) in [6.45, 7) is 5.27. The molecule has 2 aromatic rings. The lowest BCUT2D eigenvalue weighted by molar-refractivity contribution is -0.131. The molecule has 1 amide bonds. The van der Waals surface area contributed by atoms with Gasteiger partial charge in [0.2, 0.25) is 5.91 Å².